The Morgan fingerprint density at radius 2 is 0.847 bits per heavy atom. The van der Waals surface area contributed by atoms with Crippen molar-refractivity contribution >= 4 is 21.5 Å². The van der Waals surface area contributed by atoms with Gasteiger partial charge in [-0.05, 0) is 95.4 Å². The molecule has 1 aliphatic carbocycles. The van der Waals surface area contributed by atoms with E-state index in [1.807, 2.05) is 0 Å². The van der Waals surface area contributed by atoms with Crippen LogP contribution in [0.15, 0.2) is 206 Å². The summed E-state index contributed by atoms with van der Waals surface area (Å²) in [4.78, 5) is 10.8. The number of benzene rings is 9. The highest BCUT2D eigenvalue weighted by Crippen LogP contribution is 2.52. The molecule has 2 heteroatoms. The predicted molar refractivity (Wildman–Crippen MR) is 247 cm³/mol. The maximum Gasteiger partial charge on any atom is 0.161 e. The van der Waals surface area contributed by atoms with E-state index in [9.17, 15) is 0 Å². The van der Waals surface area contributed by atoms with Crippen molar-refractivity contribution in [2.24, 2.45) is 0 Å². The molecule has 0 unspecified atom stereocenters. The molecule has 2 nitrogen and oxygen atoms in total. The number of rotatable bonds is 6. The molecule has 59 heavy (non-hydrogen) atoms. The molecule has 0 atom stereocenters. The molecule has 0 N–H and O–H groups in total. The summed E-state index contributed by atoms with van der Waals surface area (Å²) in [5.41, 5.74) is 17.3. The minimum atomic E-state index is -0.142. The first-order chi connectivity index (χ1) is 29.0. The van der Waals surface area contributed by atoms with Crippen LogP contribution in [0.1, 0.15) is 25.0 Å². The predicted octanol–water partition coefficient (Wildman–Crippen LogP) is 15.1. The Hall–Kier alpha value is -7.42. The molecule has 278 valence electrons. The van der Waals surface area contributed by atoms with Crippen molar-refractivity contribution in [3.05, 3.63) is 217 Å². The van der Waals surface area contributed by atoms with Gasteiger partial charge in [0.15, 0.2) is 5.82 Å². The Bertz CT molecular complexity index is 3220. The zero-order chi connectivity index (χ0) is 39.5. The van der Waals surface area contributed by atoms with Gasteiger partial charge in [0.1, 0.15) is 0 Å². The smallest absolute Gasteiger partial charge is 0.161 e. The third kappa shape index (κ3) is 5.87. The van der Waals surface area contributed by atoms with Crippen molar-refractivity contribution < 1.29 is 0 Å². The van der Waals surface area contributed by atoms with Crippen LogP contribution in [0.4, 0.5) is 0 Å². The average Bonchev–Trinajstić information content (AvgIpc) is 3.54. The number of aromatic nitrogens is 2. The molecule has 0 saturated heterocycles. The lowest BCUT2D eigenvalue weighted by Crippen LogP contribution is -2.15. The quantitative estimate of drug-likeness (QED) is 0.169. The van der Waals surface area contributed by atoms with Crippen molar-refractivity contribution in [3.63, 3.8) is 0 Å². The summed E-state index contributed by atoms with van der Waals surface area (Å²) in [6, 6.07) is 74.2. The first kappa shape index (κ1) is 34.8. The van der Waals surface area contributed by atoms with E-state index in [1.54, 1.807) is 0 Å². The molecule has 1 aliphatic rings. The third-order valence-corrected chi connectivity index (χ3v) is 12.3. The van der Waals surface area contributed by atoms with Gasteiger partial charge in [0, 0.05) is 22.1 Å². The fourth-order valence-corrected chi connectivity index (χ4v) is 9.41. The van der Waals surface area contributed by atoms with E-state index in [-0.39, 0.29) is 5.41 Å². The van der Waals surface area contributed by atoms with Crippen LogP contribution in [0.25, 0.3) is 100.0 Å². The molecule has 1 aromatic heterocycles. The van der Waals surface area contributed by atoms with Crippen molar-refractivity contribution in [1.82, 2.24) is 9.97 Å². The standard InChI is InChI=1S/C57H40N2/c1-57(2)52-35-42(30-31-48(52)50-32-29-40-19-9-10-21-45(40)55(50)57)44-33-34-51(47-23-13-12-22-46(44)47)56-58-53(41-27-25-38(26-28-41)37-15-5-3-6-16-37)36-54(59-56)49-24-14-11-20-43(49)39-17-7-4-8-18-39/h3-36H,1-2H3. The topological polar surface area (TPSA) is 25.8 Å². The second-order valence-corrected chi connectivity index (χ2v) is 16.1. The van der Waals surface area contributed by atoms with E-state index in [0.29, 0.717) is 5.82 Å². The lowest BCUT2D eigenvalue weighted by atomic mass is 9.79. The summed E-state index contributed by atoms with van der Waals surface area (Å²) < 4.78 is 0. The van der Waals surface area contributed by atoms with Gasteiger partial charge in [0.05, 0.1) is 11.4 Å². The second-order valence-electron chi connectivity index (χ2n) is 16.1. The summed E-state index contributed by atoms with van der Waals surface area (Å²) in [7, 11) is 0. The molecule has 11 rings (SSSR count). The van der Waals surface area contributed by atoms with Crippen LogP contribution >= 0.6 is 0 Å². The normalized spacial score (nSPS) is 12.7. The van der Waals surface area contributed by atoms with E-state index in [0.717, 1.165) is 44.6 Å². The van der Waals surface area contributed by atoms with E-state index in [4.69, 9.17) is 9.97 Å². The maximum atomic E-state index is 5.41. The van der Waals surface area contributed by atoms with Crippen LogP contribution in [0, 0.1) is 0 Å². The Morgan fingerprint density at radius 1 is 0.322 bits per heavy atom. The number of nitrogens with zero attached hydrogens (tertiary/aromatic N) is 2. The van der Waals surface area contributed by atoms with Crippen molar-refractivity contribution in [2.45, 2.75) is 19.3 Å². The van der Waals surface area contributed by atoms with Crippen molar-refractivity contribution in [1.29, 1.82) is 0 Å². The molecule has 9 aromatic carbocycles. The van der Waals surface area contributed by atoms with Gasteiger partial charge in [-0.15, -0.1) is 0 Å². The second kappa shape index (κ2) is 13.9. The zero-order valence-corrected chi connectivity index (χ0v) is 33.0. The van der Waals surface area contributed by atoms with Gasteiger partial charge < -0.3 is 0 Å². The van der Waals surface area contributed by atoms with Gasteiger partial charge in [-0.2, -0.15) is 0 Å². The zero-order valence-electron chi connectivity index (χ0n) is 33.0. The monoisotopic (exact) mass is 752 g/mol. The van der Waals surface area contributed by atoms with E-state index >= 15 is 0 Å². The van der Waals surface area contributed by atoms with Crippen LogP contribution in [-0.2, 0) is 5.41 Å². The molecule has 0 spiro atoms. The van der Waals surface area contributed by atoms with E-state index in [2.05, 4.69) is 220 Å². The minimum absolute atomic E-state index is 0.142. The Labute approximate surface area is 345 Å². The SMILES string of the molecule is CC1(C)c2cc(-c3ccc(-c4nc(-c5ccc(-c6ccccc6)cc5)cc(-c5ccccc5-c5ccccc5)n4)c4ccccc34)ccc2-c2ccc3ccccc3c21. The van der Waals surface area contributed by atoms with Crippen LogP contribution in [0.5, 0.6) is 0 Å². The number of fused-ring (bicyclic) bond motifs is 6. The lowest BCUT2D eigenvalue weighted by molar-refractivity contribution is 0.666. The van der Waals surface area contributed by atoms with Crippen LogP contribution in [0.3, 0.4) is 0 Å². The molecule has 0 bridgehead atoms. The van der Waals surface area contributed by atoms with Gasteiger partial charge in [-0.3, -0.25) is 0 Å². The molecule has 0 aliphatic heterocycles. The average molecular weight is 753 g/mol. The summed E-state index contributed by atoms with van der Waals surface area (Å²) in [6.45, 7) is 4.75. The summed E-state index contributed by atoms with van der Waals surface area (Å²) >= 11 is 0. The fourth-order valence-electron chi connectivity index (χ4n) is 9.41. The molecular formula is C57H40N2. The highest BCUT2D eigenvalue weighted by atomic mass is 14.9. The Kier molecular flexibility index (Phi) is 8.20. The molecule has 0 saturated carbocycles. The van der Waals surface area contributed by atoms with Crippen molar-refractivity contribution in [2.75, 3.05) is 0 Å². The van der Waals surface area contributed by atoms with Crippen LogP contribution in [-0.4, -0.2) is 9.97 Å². The minimum Gasteiger partial charge on any atom is -0.228 e. The van der Waals surface area contributed by atoms with Gasteiger partial charge in [-0.1, -0.05) is 202 Å². The largest absolute Gasteiger partial charge is 0.228 e. The summed E-state index contributed by atoms with van der Waals surface area (Å²) in [6.07, 6.45) is 0. The molecule has 0 amide bonds. The summed E-state index contributed by atoms with van der Waals surface area (Å²) in [5, 5.41) is 4.92. The number of hydrogen-bond acceptors (Lipinski definition) is 2. The number of hydrogen-bond donors (Lipinski definition) is 0. The van der Waals surface area contributed by atoms with Gasteiger partial charge in [0.2, 0.25) is 0 Å². The van der Waals surface area contributed by atoms with Crippen molar-refractivity contribution in [3.8, 4) is 78.4 Å². The third-order valence-electron chi connectivity index (χ3n) is 12.3. The lowest BCUT2D eigenvalue weighted by Gasteiger charge is -2.24. The van der Waals surface area contributed by atoms with E-state index in [1.165, 1.54) is 60.7 Å². The van der Waals surface area contributed by atoms with Gasteiger partial charge in [-0.25, -0.2) is 9.97 Å². The highest BCUT2D eigenvalue weighted by molar-refractivity contribution is 6.05. The highest BCUT2D eigenvalue weighted by Gasteiger charge is 2.37. The summed E-state index contributed by atoms with van der Waals surface area (Å²) in [5.74, 6) is 0.702. The first-order valence-electron chi connectivity index (χ1n) is 20.4. The Morgan fingerprint density at radius 3 is 1.61 bits per heavy atom. The molecule has 0 radical (unpaired) electrons. The maximum absolute atomic E-state index is 5.41. The molecular weight excluding hydrogens is 713 g/mol. The fraction of sp³-hybridized carbons (Fsp3) is 0.0526. The molecule has 10 aromatic rings. The van der Waals surface area contributed by atoms with Crippen LogP contribution < -0.4 is 0 Å². The Balaban J connectivity index is 1.06. The van der Waals surface area contributed by atoms with Gasteiger partial charge >= 0.3 is 0 Å². The first-order valence-corrected chi connectivity index (χ1v) is 20.4. The van der Waals surface area contributed by atoms with E-state index < -0.39 is 0 Å². The van der Waals surface area contributed by atoms with Gasteiger partial charge in [0.25, 0.3) is 0 Å². The molecule has 1 heterocycles. The molecule has 0 fully saturated rings. The van der Waals surface area contributed by atoms with Crippen LogP contribution in [0.2, 0.25) is 0 Å².